The highest BCUT2D eigenvalue weighted by Crippen LogP contribution is 2.23. The molecule has 0 spiro atoms. The van der Waals surface area contributed by atoms with Gasteiger partial charge in [-0.25, -0.2) is 0 Å². The minimum absolute atomic E-state index is 0.0129. The number of carbonyl (C=O) groups is 2. The van der Waals surface area contributed by atoms with Crippen molar-refractivity contribution in [1.29, 1.82) is 0 Å². The van der Waals surface area contributed by atoms with Gasteiger partial charge in [-0.1, -0.05) is 65.2 Å². The zero-order chi connectivity index (χ0) is 27.9. The Labute approximate surface area is 236 Å². The lowest BCUT2D eigenvalue weighted by atomic mass is 10.1. The van der Waals surface area contributed by atoms with Crippen molar-refractivity contribution in [2.75, 3.05) is 26.8 Å². The summed E-state index contributed by atoms with van der Waals surface area (Å²) in [7, 11) is 1.52. The fourth-order valence-corrected chi connectivity index (χ4v) is 4.46. The predicted molar refractivity (Wildman–Crippen MR) is 152 cm³/mol. The zero-order valence-corrected chi connectivity index (χ0v) is 23.2. The highest BCUT2D eigenvalue weighted by Gasteiger charge is 2.24. The van der Waals surface area contributed by atoms with Gasteiger partial charge in [0.15, 0.2) is 5.43 Å². The normalized spacial score (nSPS) is 11.0. The first-order valence-electron chi connectivity index (χ1n) is 12.3. The first-order chi connectivity index (χ1) is 18.8. The van der Waals surface area contributed by atoms with Gasteiger partial charge in [-0.3, -0.25) is 14.4 Å². The number of benzene rings is 3. The Morgan fingerprint density at radius 2 is 1.69 bits per heavy atom. The first-order valence-corrected chi connectivity index (χ1v) is 13.1. The standard InChI is InChI=1S/C30H28Cl2N2O5/c1-20-8-11-27-24(14-20)29(36)23(19-39-27)17-34(16-21-6-4-3-5-7-21)28(35)18-33(12-13-38-2)30(37)22-9-10-25(31)26(32)15-22/h3-11,14-15,19H,12-13,16-18H2,1-2H3. The molecule has 7 nitrogen and oxygen atoms in total. The molecule has 1 aromatic heterocycles. The van der Waals surface area contributed by atoms with Gasteiger partial charge >= 0.3 is 0 Å². The molecule has 0 atom stereocenters. The molecule has 0 fully saturated rings. The summed E-state index contributed by atoms with van der Waals surface area (Å²) >= 11 is 12.1. The SMILES string of the molecule is COCCN(CC(=O)N(Cc1ccccc1)Cc1coc2ccc(C)cc2c1=O)C(=O)c1ccc(Cl)c(Cl)c1. The van der Waals surface area contributed by atoms with Gasteiger partial charge in [0, 0.05) is 25.8 Å². The van der Waals surface area contributed by atoms with E-state index in [9.17, 15) is 14.4 Å². The van der Waals surface area contributed by atoms with Gasteiger partial charge in [-0.2, -0.15) is 0 Å². The van der Waals surface area contributed by atoms with Crippen molar-refractivity contribution in [2.45, 2.75) is 20.0 Å². The summed E-state index contributed by atoms with van der Waals surface area (Å²) in [5, 5.41) is 1.02. The Morgan fingerprint density at radius 1 is 0.923 bits per heavy atom. The molecule has 4 aromatic rings. The van der Waals surface area contributed by atoms with Gasteiger partial charge < -0.3 is 19.0 Å². The van der Waals surface area contributed by atoms with E-state index in [-0.39, 0.29) is 55.1 Å². The molecule has 0 unspecified atom stereocenters. The number of rotatable bonds is 10. The molecule has 0 N–H and O–H groups in total. The van der Waals surface area contributed by atoms with E-state index in [1.165, 1.54) is 30.4 Å². The van der Waals surface area contributed by atoms with E-state index in [2.05, 4.69) is 0 Å². The predicted octanol–water partition coefficient (Wildman–Crippen LogP) is 5.73. The van der Waals surface area contributed by atoms with Gasteiger partial charge in [0.05, 0.1) is 40.4 Å². The molecule has 0 bridgehead atoms. The van der Waals surface area contributed by atoms with Crippen LogP contribution in [0.4, 0.5) is 0 Å². The summed E-state index contributed by atoms with van der Waals surface area (Å²) in [5.74, 6) is -0.730. The molecule has 0 aliphatic rings. The molecule has 4 rings (SSSR count). The molecule has 0 radical (unpaired) electrons. The highest BCUT2D eigenvalue weighted by atomic mass is 35.5. The first kappa shape index (κ1) is 28.4. The summed E-state index contributed by atoms with van der Waals surface area (Å²) in [6.07, 6.45) is 1.40. The Kier molecular flexibility index (Phi) is 9.41. The van der Waals surface area contributed by atoms with Gasteiger partial charge in [0.2, 0.25) is 5.91 Å². The molecule has 0 aliphatic carbocycles. The van der Waals surface area contributed by atoms with Crippen LogP contribution in [0.2, 0.25) is 10.0 Å². The second-order valence-corrected chi connectivity index (χ2v) is 9.99. The second kappa shape index (κ2) is 12.9. The minimum Gasteiger partial charge on any atom is -0.464 e. The van der Waals surface area contributed by atoms with Crippen molar-refractivity contribution in [3.63, 3.8) is 0 Å². The largest absolute Gasteiger partial charge is 0.464 e. The summed E-state index contributed by atoms with van der Waals surface area (Å²) in [6, 6.07) is 19.4. The molecular weight excluding hydrogens is 539 g/mol. The monoisotopic (exact) mass is 566 g/mol. The molecule has 3 aromatic carbocycles. The number of methoxy groups -OCH3 is 1. The lowest BCUT2D eigenvalue weighted by Crippen LogP contribution is -2.44. The topological polar surface area (TPSA) is 80.1 Å². The number of nitrogens with zero attached hydrogens (tertiary/aromatic N) is 2. The van der Waals surface area contributed by atoms with Crippen LogP contribution in [0.5, 0.6) is 0 Å². The Balaban J connectivity index is 1.64. The summed E-state index contributed by atoms with van der Waals surface area (Å²) in [6.45, 7) is 2.33. The number of fused-ring (bicyclic) bond motifs is 1. The molecule has 2 amide bonds. The Bertz CT molecular complexity index is 1540. The molecular formula is C30H28Cl2N2O5. The Hall–Kier alpha value is -3.65. The van der Waals surface area contributed by atoms with Crippen LogP contribution in [0.1, 0.15) is 27.0 Å². The smallest absolute Gasteiger partial charge is 0.254 e. The van der Waals surface area contributed by atoms with Crippen LogP contribution < -0.4 is 5.43 Å². The van der Waals surface area contributed by atoms with E-state index in [4.69, 9.17) is 32.4 Å². The van der Waals surface area contributed by atoms with Crippen LogP contribution in [0.25, 0.3) is 11.0 Å². The lowest BCUT2D eigenvalue weighted by Gasteiger charge is -2.28. The number of carbonyl (C=O) groups excluding carboxylic acids is 2. The van der Waals surface area contributed by atoms with Crippen LogP contribution >= 0.6 is 23.2 Å². The maximum absolute atomic E-state index is 13.7. The molecule has 1 heterocycles. The minimum atomic E-state index is -0.390. The number of ether oxygens (including phenoxy) is 1. The van der Waals surface area contributed by atoms with Crippen LogP contribution in [0.15, 0.2) is 82.2 Å². The van der Waals surface area contributed by atoms with Crippen LogP contribution in [-0.4, -0.2) is 48.4 Å². The third-order valence-corrected chi connectivity index (χ3v) is 7.01. The second-order valence-electron chi connectivity index (χ2n) is 9.17. The number of hydrogen-bond donors (Lipinski definition) is 0. The molecule has 0 saturated heterocycles. The molecule has 0 aliphatic heterocycles. The summed E-state index contributed by atoms with van der Waals surface area (Å²) in [4.78, 5) is 43.3. The van der Waals surface area contributed by atoms with Crippen LogP contribution in [-0.2, 0) is 22.6 Å². The van der Waals surface area contributed by atoms with Crippen molar-refractivity contribution in [3.8, 4) is 0 Å². The molecule has 39 heavy (non-hydrogen) atoms. The Morgan fingerprint density at radius 3 is 2.41 bits per heavy atom. The maximum atomic E-state index is 13.7. The summed E-state index contributed by atoms with van der Waals surface area (Å²) in [5.41, 5.74) is 2.73. The molecule has 0 saturated carbocycles. The van der Waals surface area contributed by atoms with Crippen molar-refractivity contribution < 1.29 is 18.7 Å². The number of aryl methyl sites for hydroxylation is 1. The third kappa shape index (κ3) is 7.06. The van der Waals surface area contributed by atoms with Gasteiger partial charge in [-0.15, -0.1) is 0 Å². The highest BCUT2D eigenvalue weighted by molar-refractivity contribution is 6.42. The van der Waals surface area contributed by atoms with E-state index in [1.54, 1.807) is 23.1 Å². The van der Waals surface area contributed by atoms with Gasteiger partial charge in [0.1, 0.15) is 12.1 Å². The maximum Gasteiger partial charge on any atom is 0.254 e. The average Bonchev–Trinajstić information content (AvgIpc) is 2.94. The number of halogens is 2. The van der Waals surface area contributed by atoms with Crippen molar-refractivity contribution in [1.82, 2.24) is 9.80 Å². The molecule has 202 valence electrons. The fourth-order valence-electron chi connectivity index (χ4n) is 4.16. The molecule has 9 heteroatoms. The van der Waals surface area contributed by atoms with Crippen molar-refractivity contribution in [2.24, 2.45) is 0 Å². The van der Waals surface area contributed by atoms with E-state index in [0.717, 1.165) is 11.1 Å². The van der Waals surface area contributed by atoms with Gasteiger partial charge in [0.25, 0.3) is 5.91 Å². The summed E-state index contributed by atoms with van der Waals surface area (Å²) < 4.78 is 10.9. The van der Waals surface area contributed by atoms with Crippen LogP contribution in [0.3, 0.4) is 0 Å². The quantitative estimate of drug-likeness (QED) is 0.245. The van der Waals surface area contributed by atoms with Crippen molar-refractivity contribution in [3.05, 3.63) is 116 Å². The average molecular weight is 567 g/mol. The fraction of sp³-hybridized carbons (Fsp3) is 0.233. The van der Waals surface area contributed by atoms with E-state index in [0.29, 0.717) is 27.1 Å². The van der Waals surface area contributed by atoms with Crippen molar-refractivity contribution >= 4 is 46.0 Å². The van der Waals surface area contributed by atoms with Crippen LogP contribution in [0, 0.1) is 6.92 Å². The van der Waals surface area contributed by atoms with Gasteiger partial charge in [-0.05, 0) is 42.8 Å². The zero-order valence-electron chi connectivity index (χ0n) is 21.7. The third-order valence-electron chi connectivity index (χ3n) is 6.27. The van der Waals surface area contributed by atoms with E-state index >= 15 is 0 Å². The number of hydrogen-bond acceptors (Lipinski definition) is 5. The number of amides is 2. The van der Waals surface area contributed by atoms with E-state index < -0.39 is 0 Å². The lowest BCUT2D eigenvalue weighted by molar-refractivity contribution is -0.133. The van der Waals surface area contributed by atoms with E-state index in [1.807, 2.05) is 43.3 Å².